The maximum Gasteiger partial charge on any atom is -0.0125 e. The van der Waals surface area contributed by atoms with Crippen molar-refractivity contribution in [2.24, 2.45) is 23.2 Å². The van der Waals surface area contributed by atoms with Gasteiger partial charge in [-0.05, 0) is 105 Å². The van der Waals surface area contributed by atoms with Crippen molar-refractivity contribution < 1.29 is 0 Å². The minimum absolute atomic E-state index is 0.347. The van der Waals surface area contributed by atoms with Crippen molar-refractivity contribution in [3.05, 3.63) is 82.5 Å². The van der Waals surface area contributed by atoms with Gasteiger partial charge in [0.15, 0.2) is 0 Å². The van der Waals surface area contributed by atoms with E-state index in [9.17, 15) is 0 Å². The zero-order valence-electron chi connectivity index (χ0n) is 23.0. The largest absolute Gasteiger partial charge is 0.0956 e. The number of allylic oxidation sites excluding steroid dienone is 12. The fourth-order valence-electron chi connectivity index (χ4n) is 5.01. The van der Waals surface area contributed by atoms with Gasteiger partial charge in [-0.3, -0.25) is 0 Å². The summed E-state index contributed by atoms with van der Waals surface area (Å²) >= 11 is 0. The summed E-state index contributed by atoms with van der Waals surface area (Å²) in [6.07, 6.45) is 20.2. The Morgan fingerprint density at radius 1 is 1.21 bits per heavy atom. The van der Waals surface area contributed by atoms with Gasteiger partial charge in [0.1, 0.15) is 0 Å². The van der Waals surface area contributed by atoms with Gasteiger partial charge >= 0.3 is 0 Å². The molecule has 2 aliphatic rings. The summed E-state index contributed by atoms with van der Waals surface area (Å²) in [5.74, 6) is 1.97. The molecule has 0 heteroatoms. The smallest absolute Gasteiger partial charge is 0.0125 e. The van der Waals surface area contributed by atoms with Crippen LogP contribution in [-0.4, -0.2) is 0 Å². The van der Waals surface area contributed by atoms with Crippen molar-refractivity contribution in [1.29, 1.82) is 0 Å². The molecule has 0 aliphatic heterocycles. The lowest BCUT2D eigenvalue weighted by atomic mass is 9.69. The summed E-state index contributed by atoms with van der Waals surface area (Å²) in [6.45, 7) is 27.4. The van der Waals surface area contributed by atoms with Gasteiger partial charge in [-0.1, -0.05) is 101 Å². The van der Waals surface area contributed by atoms with Gasteiger partial charge in [0.25, 0.3) is 0 Å². The van der Waals surface area contributed by atoms with Gasteiger partial charge in [-0.2, -0.15) is 0 Å². The predicted molar refractivity (Wildman–Crippen MR) is 149 cm³/mol. The molecule has 2 aliphatic carbocycles. The molecule has 3 atom stereocenters. The van der Waals surface area contributed by atoms with Crippen LogP contribution in [0.15, 0.2) is 82.5 Å². The van der Waals surface area contributed by atoms with Crippen molar-refractivity contribution in [3.63, 3.8) is 0 Å². The third kappa shape index (κ3) is 8.16. The number of hydrogen-bond donors (Lipinski definition) is 0. The Kier molecular flexibility index (Phi) is 10.0. The van der Waals surface area contributed by atoms with Gasteiger partial charge in [0, 0.05) is 0 Å². The van der Waals surface area contributed by atoms with Crippen LogP contribution in [-0.2, 0) is 0 Å². The summed E-state index contributed by atoms with van der Waals surface area (Å²) in [4.78, 5) is 0. The van der Waals surface area contributed by atoms with E-state index in [0.717, 1.165) is 25.2 Å². The van der Waals surface area contributed by atoms with E-state index in [4.69, 9.17) is 0 Å². The minimum Gasteiger partial charge on any atom is -0.0956 e. The van der Waals surface area contributed by atoms with Gasteiger partial charge < -0.3 is 0 Å². The molecule has 1 saturated carbocycles. The van der Waals surface area contributed by atoms with E-state index in [1.165, 1.54) is 64.7 Å². The van der Waals surface area contributed by atoms with Crippen molar-refractivity contribution in [1.82, 2.24) is 0 Å². The van der Waals surface area contributed by atoms with Crippen LogP contribution in [0.5, 0.6) is 0 Å². The van der Waals surface area contributed by atoms with E-state index < -0.39 is 0 Å². The highest BCUT2D eigenvalue weighted by atomic mass is 14.3. The van der Waals surface area contributed by atoms with Crippen LogP contribution < -0.4 is 0 Å². The Hall–Kier alpha value is -1.82. The molecule has 0 saturated heterocycles. The zero-order chi connectivity index (χ0) is 24.8. The van der Waals surface area contributed by atoms with Gasteiger partial charge in [-0.25, -0.2) is 0 Å². The number of rotatable bonds is 8. The summed E-state index contributed by atoms with van der Waals surface area (Å²) in [5.41, 5.74) is 9.91. The Morgan fingerprint density at radius 3 is 2.45 bits per heavy atom. The van der Waals surface area contributed by atoms with Gasteiger partial charge in [-0.15, -0.1) is 0 Å². The lowest BCUT2D eigenvalue weighted by Crippen LogP contribution is -2.24. The zero-order valence-corrected chi connectivity index (χ0v) is 23.0. The van der Waals surface area contributed by atoms with Crippen molar-refractivity contribution in [2.75, 3.05) is 0 Å². The summed E-state index contributed by atoms with van der Waals surface area (Å²) in [5, 5.41) is 0. The SMILES string of the molecule is C=C1CCC(C(C)(C)C)C/C1=C/C(/C=C(\C)C(=C)C[C@H](CCC)C1=CCC(C)C=C1)=C(C)C. The first kappa shape index (κ1) is 27.4. The van der Waals surface area contributed by atoms with Crippen molar-refractivity contribution >= 4 is 0 Å². The lowest BCUT2D eigenvalue weighted by Gasteiger charge is -2.36. The molecule has 0 radical (unpaired) electrons. The summed E-state index contributed by atoms with van der Waals surface area (Å²) in [6, 6.07) is 0. The minimum atomic E-state index is 0.347. The fourth-order valence-corrected chi connectivity index (χ4v) is 5.01. The summed E-state index contributed by atoms with van der Waals surface area (Å²) < 4.78 is 0. The van der Waals surface area contributed by atoms with E-state index in [-0.39, 0.29) is 0 Å². The van der Waals surface area contributed by atoms with Crippen LogP contribution in [0.3, 0.4) is 0 Å². The van der Waals surface area contributed by atoms with Crippen molar-refractivity contribution in [3.8, 4) is 0 Å². The van der Waals surface area contributed by atoms with E-state index in [2.05, 4.69) is 98.9 Å². The average molecular weight is 447 g/mol. The molecule has 0 nitrogen and oxygen atoms in total. The molecule has 0 aromatic heterocycles. The standard InChI is InChI=1S/C33H50/c1-11-12-29(28-16-13-24(4)14-17-28)19-26(6)27(7)20-30(23(2)3)21-31-22-32(33(8,9)10)18-15-25(31)5/h13,16-17,20-21,24,29,32H,5-6,11-12,14-15,18-19,22H2,1-4,7-10H3/b27-20+,31-21-/t24?,29-,32?/m0/s1. The van der Waals surface area contributed by atoms with E-state index in [1.807, 2.05) is 0 Å². The van der Waals surface area contributed by atoms with Crippen LogP contribution in [0.4, 0.5) is 0 Å². The molecule has 0 N–H and O–H groups in total. The maximum atomic E-state index is 4.52. The second-order valence-corrected chi connectivity index (χ2v) is 11.9. The second-order valence-electron chi connectivity index (χ2n) is 11.9. The van der Waals surface area contributed by atoms with E-state index >= 15 is 0 Å². The molecule has 0 aromatic carbocycles. The third-order valence-electron chi connectivity index (χ3n) is 7.72. The van der Waals surface area contributed by atoms with Gasteiger partial charge in [0.05, 0.1) is 0 Å². The maximum absolute atomic E-state index is 4.52. The predicted octanol–water partition coefficient (Wildman–Crippen LogP) is 10.5. The Bertz CT molecular complexity index is 867. The second kappa shape index (κ2) is 12.0. The van der Waals surface area contributed by atoms with Crippen LogP contribution in [0.25, 0.3) is 0 Å². The number of hydrogen-bond acceptors (Lipinski definition) is 0. The molecular formula is C33H50. The van der Waals surface area contributed by atoms with Crippen molar-refractivity contribution in [2.45, 2.75) is 100 Å². The molecule has 2 rings (SSSR count). The molecule has 182 valence electrons. The molecular weight excluding hydrogens is 396 g/mol. The molecule has 0 heterocycles. The molecule has 1 fully saturated rings. The van der Waals surface area contributed by atoms with Crippen LogP contribution in [0, 0.1) is 23.2 Å². The normalized spacial score (nSPS) is 24.0. The topological polar surface area (TPSA) is 0 Å². The van der Waals surface area contributed by atoms with Crippen LogP contribution in [0.1, 0.15) is 100 Å². The molecule has 0 aromatic rings. The highest BCUT2D eigenvalue weighted by Crippen LogP contribution is 2.42. The molecule has 2 unspecified atom stereocenters. The van der Waals surface area contributed by atoms with Crippen LogP contribution >= 0.6 is 0 Å². The molecule has 0 bridgehead atoms. The first-order chi connectivity index (χ1) is 15.4. The van der Waals surface area contributed by atoms with Crippen LogP contribution in [0.2, 0.25) is 0 Å². The molecule has 33 heavy (non-hydrogen) atoms. The Morgan fingerprint density at radius 2 is 1.91 bits per heavy atom. The highest BCUT2D eigenvalue weighted by molar-refractivity contribution is 5.47. The Labute approximate surface area is 206 Å². The van der Waals surface area contributed by atoms with Gasteiger partial charge in [0.2, 0.25) is 0 Å². The Balaban J connectivity index is 2.21. The lowest BCUT2D eigenvalue weighted by molar-refractivity contribution is 0.215. The highest BCUT2D eigenvalue weighted by Gasteiger charge is 2.29. The first-order valence-corrected chi connectivity index (χ1v) is 13.2. The first-order valence-electron chi connectivity index (χ1n) is 13.2. The molecule has 0 amide bonds. The monoisotopic (exact) mass is 446 g/mol. The molecule has 0 spiro atoms. The fraction of sp³-hybridized carbons (Fsp3) is 0.576. The summed E-state index contributed by atoms with van der Waals surface area (Å²) in [7, 11) is 0. The van der Waals surface area contributed by atoms with E-state index in [0.29, 0.717) is 17.3 Å². The third-order valence-corrected chi connectivity index (χ3v) is 7.72. The quantitative estimate of drug-likeness (QED) is 0.325. The van der Waals surface area contributed by atoms with E-state index in [1.54, 1.807) is 0 Å². The average Bonchev–Trinajstić information content (AvgIpc) is 2.73.